The molecule has 0 bridgehead atoms. The van der Waals surface area contributed by atoms with Crippen molar-refractivity contribution >= 4 is 17.9 Å². The molecule has 48 heavy (non-hydrogen) atoms. The van der Waals surface area contributed by atoms with E-state index in [0.29, 0.717) is 61.4 Å². The van der Waals surface area contributed by atoms with Crippen LogP contribution >= 0.6 is 0 Å². The molecule has 0 spiro atoms. The molecule has 0 N–H and O–H groups in total. The lowest BCUT2D eigenvalue weighted by molar-refractivity contribution is -0.139. The van der Waals surface area contributed by atoms with Crippen LogP contribution in [-0.4, -0.2) is 44.3 Å². The largest absolute Gasteiger partial charge is 0.494 e. The summed E-state index contributed by atoms with van der Waals surface area (Å²) < 4.78 is 33.0. The summed E-state index contributed by atoms with van der Waals surface area (Å²) in [6, 6.07) is 21.5. The van der Waals surface area contributed by atoms with Crippen molar-refractivity contribution in [1.82, 2.24) is 0 Å². The van der Waals surface area contributed by atoms with Crippen LogP contribution in [0.2, 0.25) is 0 Å². The Hall–Kier alpha value is -5.05. The summed E-state index contributed by atoms with van der Waals surface area (Å²) in [5.74, 6) is 1.36. The fourth-order valence-corrected chi connectivity index (χ4v) is 4.32. The lowest BCUT2D eigenvalue weighted by atomic mass is 10.2. The highest BCUT2D eigenvalue weighted by Gasteiger charge is 2.10. The fourth-order valence-electron chi connectivity index (χ4n) is 4.32. The van der Waals surface area contributed by atoms with E-state index in [4.69, 9.17) is 28.4 Å². The molecule has 0 aliphatic heterocycles. The van der Waals surface area contributed by atoms with E-state index in [2.05, 4.69) is 13.2 Å². The van der Waals surface area contributed by atoms with Gasteiger partial charge in [0.25, 0.3) is 0 Å². The van der Waals surface area contributed by atoms with Crippen LogP contribution in [0.3, 0.4) is 0 Å². The first-order chi connectivity index (χ1) is 23.3. The quantitative estimate of drug-likeness (QED) is 0.0431. The Balaban J connectivity index is 1.27. The number of unbranched alkanes of at least 4 members (excludes halogenated alkanes) is 6. The van der Waals surface area contributed by atoms with E-state index in [1.165, 1.54) is 6.08 Å². The minimum Gasteiger partial charge on any atom is -0.494 e. The van der Waals surface area contributed by atoms with Gasteiger partial charge in [-0.25, -0.2) is 14.4 Å². The van der Waals surface area contributed by atoms with Gasteiger partial charge in [0.1, 0.15) is 29.6 Å². The van der Waals surface area contributed by atoms with Gasteiger partial charge in [0.2, 0.25) is 0 Å². The minimum atomic E-state index is -0.462. The van der Waals surface area contributed by atoms with Gasteiger partial charge in [-0.2, -0.15) is 0 Å². The maximum atomic E-state index is 12.6. The second-order valence-corrected chi connectivity index (χ2v) is 11.1. The molecule has 0 aliphatic rings. The molecular weight excluding hydrogens is 612 g/mol. The third-order valence-electron chi connectivity index (χ3n) is 7.06. The number of hydrogen-bond donors (Lipinski definition) is 0. The molecule has 3 aromatic rings. The average molecular weight is 659 g/mol. The Morgan fingerprint density at radius 1 is 0.583 bits per heavy atom. The molecule has 0 unspecified atom stereocenters. The first-order valence-corrected chi connectivity index (χ1v) is 16.4. The second kappa shape index (κ2) is 21.7. The van der Waals surface area contributed by atoms with Crippen molar-refractivity contribution in [2.45, 2.75) is 64.9 Å². The molecule has 0 atom stereocenters. The zero-order valence-electron chi connectivity index (χ0n) is 27.8. The van der Waals surface area contributed by atoms with E-state index in [-0.39, 0.29) is 11.9 Å². The van der Waals surface area contributed by atoms with Gasteiger partial charge in [-0.15, -0.1) is 0 Å². The Bertz CT molecular complexity index is 1430. The van der Waals surface area contributed by atoms with Gasteiger partial charge in [-0.3, -0.25) is 0 Å². The van der Waals surface area contributed by atoms with Gasteiger partial charge in [0.05, 0.1) is 32.0 Å². The zero-order chi connectivity index (χ0) is 34.4. The molecule has 0 aromatic heterocycles. The highest BCUT2D eigenvalue weighted by atomic mass is 16.5. The van der Waals surface area contributed by atoms with Crippen LogP contribution in [0.25, 0.3) is 0 Å². The number of hydrogen-bond acceptors (Lipinski definition) is 9. The van der Waals surface area contributed by atoms with Gasteiger partial charge in [-0.05, 0) is 125 Å². The SMILES string of the molecule is C=CC(=O)OCCCCCCOc1ccc(COc2ccc(OC(=O)c3ccc(OCCCCCCOC(=O)C(=C)C)cc3)cc2)cc1. The Labute approximate surface area is 283 Å². The van der Waals surface area contributed by atoms with Gasteiger partial charge in [0, 0.05) is 11.6 Å². The van der Waals surface area contributed by atoms with Gasteiger partial charge in [-0.1, -0.05) is 25.3 Å². The van der Waals surface area contributed by atoms with E-state index < -0.39 is 5.97 Å². The van der Waals surface area contributed by atoms with Crippen molar-refractivity contribution in [3.05, 3.63) is 109 Å². The molecule has 3 aromatic carbocycles. The number of esters is 3. The number of benzene rings is 3. The molecule has 0 heterocycles. The Morgan fingerprint density at radius 2 is 1.04 bits per heavy atom. The first kappa shape index (κ1) is 37.4. The smallest absolute Gasteiger partial charge is 0.343 e. The fraction of sp³-hybridized carbons (Fsp3) is 0.359. The molecule has 0 saturated carbocycles. The summed E-state index contributed by atoms with van der Waals surface area (Å²) in [6.45, 7) is 11.0. The molecule has 9 heteroatoms. The molecule has 3 rings (SSSR count). The predicted octanol–water partition coefficient (Wildman–Crippen LogP) is 8.21. The van der Waals surface area contributed by atoms with Crippen molar-refractivity contribution in [1.29, 1.82) is 0 Å². The zero-order valence-corrected chi connectivity index (χ0v) is 27.8. The topological polar surface area (TPSA) is 107 Å². The van der Waals surface area contributed by atoms with Crippen molar-refractivity contribution < 1.29 is 42.8 Å². The van der Waals surface area contributed by atoms with E-state index in [9.17, 15) is 14.4 Å². The standard InChI is InChI=1S/C39H46O9/c1-4-37(40)45-27-11-7-5-9-25-43-33-17-13-31(14-18-33)29-47-35-21-23-36(24-22-35)48-39(42)32-15-19-34(20-16-32)44-26-10-6-8-12-28-46-38(41)30(2)3/h4,13-24H,1-2,5-12,25-29H2,3H3. The summed E-state index contributed by atoms with van der Waals surface area (Å²) >= 11 is 0. The van der Waals surface area contributed by atoms with Crippen molar-refractivity contribution in [3.8, 4) is 23.0 Å². The molecule has 0 amide bonds. The highest BCUT2D eigenvalue weighted by molar-refractivity contribution is 5.91. The maximum absolute atomic E-state index is 12.6. The van der Waals surface area contributed by atoms with Gasteiger partial charge < -0.3 is 28.4 Å². The molecular formula is C39H46O9. The Kier molecular flexibility index (Phi) is 16.9. The van der Waals surface area contributed by atoms with Crippen LogP contribution in [0.5, 0.6) is 23.0 Å². The van der Waals surface area contributed by atoms with Gasteiger partial charge in [0.15, 0.2) is 0 Å². The number of rotatable bonds is 23. The van der Waals surface area contributed by atoms with Crippen LogP contribution in [-0.2, 0) is 25.7 Å². The van der Waals surface area contributed by atoms with E-state index in [1.54, 1.807) is 55.5 Å². The molecule has 0 fully saturated rings. The van der Waals surface area contributed by atoms with Crippen LogP contribution in [0.15, 0.2) is 97.6 Å². The number of carbonyl (C=O) groups is 3. The minimum absolute atomic E-state index is 0.348. The summed E-state index contributed by atoms with van der Waals surface area (Å²) in [4.78, 5) is 35.0. The Morgan fingerprint density at radius 3 is 1.58 bits per heavy atom. The van der Waals surface area contributed by atoms with Crippen LogP contribution in [0.1, 0.15) is 74.2 Å². The predicted molar refractivity (Wildman–Crippen MR) is 183 cm³/mol. The van der Waals surface area contributed by atoms with Crippen LogP contribution < -0.4 is 18.9 Å². The highest BCUT2D eigenvalue weighted by Crippen LogP contribution is 2.21. The maximum Gasteiger partial charge on any atom is 0.343 e. The summed E-state index contributed by atoms with van der Waals surface area (Å²) in [6.07, 6.45) is 8.49. The summed E-state index contributed by atoms with van der Waals surface area (Å²) in [5.41, 5.74) is 1.83. The van der Waals surface area contributed by atoms with Crippen molar-refractivity contribution in [2.24, 2.45) is 0 Å². The molecule has 0 saturated heterocycles. The summed E-state index contributed by atoms with van der Waals surface area (Å²) in [5, 5.41) is 0. The van der Waals surface area contributed by atoms with Gasteiger partial charge >= 0.3 is 17.9 Å². The molecule has 9 nitrogen and oxygen atoms in total. The van der Waals surface area contributed by atoms with Crippen molar-refractivity contribution in [2.75, 3.05) is 26.4 Å². The number of ether oxygens (including phenoxy) is 6. The van der Waals surface area contributed by atoms with E-state index in [1.807, 2.05) is 24.3 Å². The van der Waals surface area contributed by atoms with Crippen molar-refractivity contribution in [3.63, 3.8) is 0 Å². The van der Waals surface area contributed by atoms with E-state index in [0.717, 1.165) is 62.7 Å². The average Bonchev–Trinajstić information content (AvgIpc) is 3.10. The number of carbonyl (C=O) groups excluding carboxylic acids is 3. The molecule has 0 aliphatic carbocycles. The molecule has 256 valence electrons. The molecule has 0 radical (unpaired) electrons. The normalized spacial score (nSPS) is 10.4. The lowest BCUT2D eigenvalue weighted by Crippen LogP contribution is -2.08. The summed E-state index contributed by atoms with van der Waals surface area (Å²) in [7, 11) is 0. The first-order valence-electron chi connectivity index (χ1n) is 16.4. The lowest BCUT2D eigenvalue weighted by Gasteiger charge is -2.10. The van der Waals surface area contributed by atoms with Crippen LogP contribution in [0.4, 0.5) is 0 Å². The van der Waals surface area contributed by atoms with Crippen LogP contribution in [0, 0.1) is 0 Å². The second-order valence-electron chi connectivity index (χ2n) is 11.1. The third kappa shape index (κ3) is 15.0. The third-order valence-corrected chi connectivity index (χ3v) is 7.06. The van der Waals surface area contributed by atoms with E-state index >= 15 is 0 Å². The monoisotopic (exact) mass is 658 g/mol.